The van der Waals surface area contributed by atoms with Crippen LogP contribution in [0.15, 0.2) is 24.3 Å². The first kappa shape index (κ1) is 21.0. The molecule has 2 fully saturated rings. The summed E-state index contributed by atoms with van der Waals surface area (Å²) in [4.78, 5) is 28.8. The quantitative estimate of drug-likeness (QED) is 0.807. The molecule has 1 aromatic rings. The number of hydrogen-bond donors (Lipinski definition) is 1. The van der Waals surface area contributed by atoms with E-state index in [4.69, 9.17) is 11.6 Å². The van der Waals surface area contributed by atoms with Gasteiger partial charge < -0.3 is 10.2 Å². The van der Waals surface area contributed by atoms with E-state index in [-0.39, 0.29) is 30.3 Å². The molecular weight excluding hydrogens is 388 g/mol. The molecule has 0 aliphatic carbocycles. The largest absolute Gasteiger partial charge is 0.353 e. The molecule has 2 aliphatic heterocycles. The van der Waals surface area contributed by atoms with Gasteiger partial charge in [-0.3, -0.25) is 14.5 Å². The van der Waals surface area contributed by atoms with Gasteiger partial charge in [-0.2, -0.15) is 0 Å². The van der Waals surface area contributed by atoms with E-state index in [1.807, 2.05) is 0 Å². The van der Waals surface area contributed by atoms with Gasteiger partial charge in [0.05, 0.1) is 12.5 Å². The number of piperidine rings is 2. The average Bonchev–Trinajstić information content (AvgIpc) is 2.69. The van der Waals surface area contributed by atoms with Gasteiger partial charge in [-0.1, -0.05) is 11.6 Å². The molecule has 2 heterocycles. The van der Waals surface area contributed by atoms with Gasteiger partial charge in [-0.05, 0) is 49.9 Å². The molecule has 28 heavy (non-hydrogen) atoms. The summed E-state index contributed by atoms with van der Waals surface area (Å²) < 4.78 is 24.9. The van der Waals surface area contributed by atoms with Crippen molar-refractivity contribution in [1.29, 1.82) is 0 Å². The molecule has 154 valence electrons. The Morgan fingerprint density at radius 2 is 1.79 bits per heavy atom. The molecule has 1 atom stereocenters. The van der Waals surface area contributed by atoms with Gasteiger partial charge in [0.25, 0.3) is 12.3 Å². The zero-order chi connectivity index (χ0) is 20.1. The van der Waals surface area contributed by atoms with Crippen LogP contribution in [0, 0.1) is 5.92 Å². The van der Waals surface area contributed by atoms with Crippen LogP contribution in [0.1, 0.15) is 36.0 Å². The zero-order valence-corrected chi connectivity index (χ0v) is 16.5. The minimum absolute atomic E-state index is 0.0174. The standard InChI is InChI=1S/C20H26ClF2N3O2/c21-16-5-3-14(4-6-16)20(28)26-9-1-2-15(12-26)19(27)24-17-7-10-25(11-8-17)13-18(22)23/h3-6,15,17-18H,1-2,7-13H2,(H,24,27). The minimum Gasteiger partial charge on any atom is -0.353 e. The van der Waals surface area contributed by atoms with Crippen LogP contribution < -0.4 is 5.32 Å². The maximum absolute atomic E-state index is 12.7. The average molecular weight is 414 g/mol. The van der Waals surface area contributed by atoms with Crippen molar-refractivity contribution >= 4 is 23.4 Å². The highest BCUT2D eigenvalue weighted by Gasteiger charge is 2.31. The predicted molar refractivity (Wildman–Crippen MR) is 104 cm³/mol. The van der Waals surface area contributed by atoms with Crippen molar-refractivity contribution < 1.29 is 18.4 Å². The first-order valence-corrected chi connectivity index (χ1v) is 10.2. The molecule has 0 bridgehead atoms. The van der Waals surface area contributed by atoms with E-state index in [9.17, 15) is 18.4 Å². The van der Waals surface area contributed by atoms with Gasteiger partial charge in [-0.25, -0.2) is 8.78 Å². The maximum atomic E-state index is 12.7. The summed E-state index contributed by atoms with van der Waals surface area (Å²) in [7, 11) is 0. The molecule has 8 heteroatoms. The summed E-state index contributed by atoms with van der Waals surface area (Å²) in [5, 5.41) is 3.64. The summed E-state index contributed by atoms with van der Waals surface area (Å²) in [6.45, 7) is 1.97. The molecule has 0 saturated carbocycles. The van der Waals surface area contributed by atoms with Crippen molar-refractivity contribution in [2.24, 2.45) is 5.92 Å². The van der Waals surface area contributed by atoms with Crippen LogP contribution in [0.3, 0.4) is 0 Å². The Labute approximate surface area is 169 Å². The second-order valence-corrected chi connectivity index (χ2v) is 8.01. The molecule has 0 aromatic heterocycles. The Bertz CT molecular complexity index is 679. The third-order valence-corrected chi connectivity index (χ3v) is 5.75. The molecule has 0 spiro atoms. The fourth-order valence-corrected chi connectivity index (χ4v) is 4.05. The number of benzene rings is 1. The van der Waals surface area contributed by atoms with Crippen LogP contribution in [0.25, 0.3) is 0 Å². The number of likely N-dealkylation sites (tertiary alicyclic amines) is 2. The van der Waals surface area contributed by atoms with Gasteiger partial charge in [-0.15, -0.1) is 0 Å². The molecule has 1 aromatic carbocycles. The summed E-state index contributed by atoms with van der Waals surface area (Å²) in [5.41, 5.74) is 0.567. The van der Waals surface area contributed by atoms with Crippen LogP contribution in [-0.4, -0.2) is 66.8 Å². The first-order valence-electron chi connectivity index (χ1n) is 9.78. The maximum Gasteiger partial charge on any atom is 0.253 e. The second-order valence-electron chi connectivity index (χ2n) is 7.57. The lowest BCUT2D eigenvalue weighted by Gasteiger charge is -2.35. The number of nitrogens with one attached hydrogen (secondary N) is 1. The molecule has 5 nitrogen and oxygen atoms in total. The lowest BCUT2D eigenvalue weighted by molar-refractivity contribution is -0.127. The predicted octanol–water partition coefficient (Wildman–Crippen LogP) is 3.04. The lowest BCUT2D eigenvalue weighted by Crippen LogP contribution is -2.50. The zero-order valence-electron chi connectivity index (χ0n) is 15.8. The first-order chi connectivity index (χ1) is 13.4. The number of halogens is 3. The van der Waals surface area contributed by atoms with Gasteiger partial charge in [0.2, 0.25) is 5.91 Å². The minimum atomic E-state index is -2.32. The lowest BCUT2D eigenvalue weighted by atomic mass is 9.95. The van der Waals surface area contributed by atoms with Crippen molar-refractivity contribution in [3.8, 4) is 0 Å². The van der Waals surface area contributed by atoms with E-state index in [1.54, 1.807) is 34.1 Å². The van der Waals surface area contributed by atoms with Gasteiger partial charge >= 0.3 is 0 Å². The number of carbonyl (C=O) groups is 2. The van der Waals surface area contributed by atoms with Crippen molar-refractivity contribution in [1.82, 2.24) is 15.1 Å². The Morgan fingerprint density at radius 3 is 2.43 bits per heavy atom. The van der Waals surface area contributed by atoms with E-state index < -0.39 is 6.43 Å². The van der Waals surface area contributed by atoms with Gasteiger partial charge in [0.1, 0.15) is 0 Å². The highest BCUT2D eigenvalue weighted by atomic mass is 35.5. The SMILES string of the molecule is O=C(NC1CCN(CC(F)F)CC1)C1CCCN(C(=O)c2ccc(Cl)cc2)C1. The highest BCUT2D eigenvalue weighted by Crippen LogP contribution is 2.21. The molecule has 2 saturated heterocycles. The van der Waals surface area contributed by atoms with Crippen molar-refractivity contribution in [3.05, 3.63) is 34.9 Å². The number of amides is 2. The van der Waals surface area contributed by atoms with Crippen molar-refractivity contribution in [2.75, 3.05) is 32.7 Å². The number of rotatable bonds is 5. The van der Waals surface area contributed by atoms with Crippen molar-refractivity contribution in [3.63, 3.8) is 0 Å². The molecule has 3 rings (SSSR count). The normalized spacial score (nSPS) is 21.7. The highest BCUT2D eigenvalue weighted by molar-refractivity contribution is 6.30. The Balaban J connectivity index is 1.49. The fraction of sp³-hybridized carbons (Fsp3) is 0.600. The van der Waals surface area contributed by atoms with Gasteiger partial charge in [0, 0.05) is 42.8 Å². The summed E-state index contributed by atoms with van der Waals surface area (Å²) in [6.07, 6.45) is 0.569. The van der Waals surface area contributed by atoms with Gasteiger partial charge in [0.15, 0.2) is 0 Å². The summed E-state index contributed by atoms with van der Waals surface area (Å²) in [5.74, 6) is -0.362. The molecule has 2 aliphatic rings. The van der Waals surface area contributed by atoms with Crippen LogP contribution in [0.2, 0.25) is 5.02 Å². The summed E-state index contributed by atoms with van der Waals surface area (Å²) in [6, 6.07) is 6.78. The third-order valence-electron chi connectivity index (χ3n) is 5.50. The number of hydrogen-bond acceptors (Lipinski definition) is 3. The number of nitrogens with zero attached hydrogens (tertiary/aromatic N) is 2. The Hall–Kier alpha value is -1.73. The molecule has 1 unspecified atom stereocenters. The Kier molecular flexibility index (Phi) is 7.24. The van der Waals surface area contributed by atoms with Crippen LogP contribution in [0.4, 0.5) is 8.78 Å². The fourth-order valence-electron chi connectivity index (χ4n) is 3.92. The smallest absolute Gasteiger partial charge is 0.253 e. The van der Waals surface area contributed by atoms with E-state index >= 15 is 0 Å². The topological polar surface area (TPSA) is 52.7 Å². The molecule has 0 radical (unpaired) electrons. The molecule has 1 N–H and O–H groups in total. The van der Waals surface area contributed by atoms with E-state index in [0.717, 1.165) is 12.8 Å². The monoisotopic (exact) mass is 413 g/mol. The van der Waals surface area contributed by atoms with E-state index in [0.29, 0.717) is 49.6 Å². The summed E-state index contributed by atoms with van der Waals surface area (Å²) >= 11 is 5.88. The van der Waals surface area contributed by atoms with Crippen molar-refractivity contribution in [2.45, 2.75) is 38.2 Å². The van der Waals surface area contributed by atoms with E-state index in [2.05, 4.69) is 5.32 Å². The van der Waals surface area contributed by atoms with Crippen LogP contribution in [-0.2, 0) is 4.79 Å². The van der Waals surface area contributed by atoms with E-state index in [1.165, 1.54) is 0 Å². The van der Waals surface area contributed by atoms with Crippen LogP contribution in [0.5, 0.6) is 0 Å². The molecular formula is C20H26ClF2N3O2. The number of alkyl halides is 2. The third kappa shape index (κ3) is 5.64. The second kappa shape index (κ2) is 9.65. The molecule has 2 amide bonds. The Morgan fingerprint density at radius 1 is 1.11 bits per heavy atom. The van der Waals surface area contributed by atoms with Crippen LogP contribution >= 0.6 is 11.6 Å². The number of carbonyl (C=O) groups excluding carboxylic acids is 2.